The highest BCUT2D eigenvalue weighted by Crippen LogP contribution is 2.31. The number of carbonyl (C=O) groups is 1. The van der Waals surface area contributed by atoms with E-state index in [1.165, 1.54) is 24.3 Å². The molecule has 0 fully saturated rings. The van der Waals surface area contributed by atoms with Crippen LogP contribution < -0.4 is 4.74 Å². The van der Waals surface area contributed by atoms with Crippen LogP contribution in [0.4, 0.5) is 4.39 Å². The van der Waals surface area contributed by atoms with Crippen LogP contribution in [0.2, 0.25) is 0 Å². The summed E-state index contributed by atoms with van der Waals surface area (Å²) in [7, 11) is 0. The molecule has 4 nitrogen and oxygen atoms in total. The number of carboxylic acids is 1. The maximum absolute atomic E-state index is 13.6. The van der Waals surface area contributed by atoms with Gasteiger partial charge in [0, 0.05) is 10.9 Å². The maximum Gasteiger partial charge on any atom is 0.336 e. The van der Waals surface area contributed by atoms with Crippen LogP contribution in [0.5, 0.6) is 5.75 Å². The van der Waals surface area contributed by atoms with Crippen LogP contribution in [-0.2, 0) is 0 Å². The van der Waals surface area contributed by atoms with Crippen molar-refractivity contribution in [1.82, 2.24) is 4.98 Å². The molecule has 0 spiro atoms. The molecule has 0 bridgehead atoms. The van der Waals surface area contributed by atoms with E-state index >= 15 is 0 Å². The molecule has 1 aromatic heterocycles. The van der Waals surface area contributed by atoms with E-state index in [-0.39, 0.29) is 10.9 Å². The van der Waals surface area contributed by atoms with Gasteiger partial charge in [0.15, 0.2) is 0 Å². The molecule has 3 aromatic carbocycles. The number of aromatic nitrogens is 1. The third-order valence-corrected chi connectivity index (χ3v) is 5.00. The monoisotopic (exact) mass is 401 g/mol. The Balaban J connectivity index is 1.77. The molecule has 0 atom stereocenters. The predicted molar refractivity (Wildman–Crippen MR) is 115 cm³/mol. The van der Waals surface area contributed by atoms with Gasteiger partial charge < -0.3 is 9.84 Å². The maximum atomic E-state index is 13.6. The standard InChI is InChI=1S/C25H20FNO3/c1-3-30-19-8-4-16(5-9-19)17-6-10-20(15(2)12-17)24-14-22(25(28)29)21-13-18(26)7-11-23(21)27-24/h4-14H,3H2,1-2H3,(H,28,29). The molecule has 4 aromatic rings. The van der Waals surface area contributed by atoms with Crippen molar-refractivity contribution in [2.45, 2.75) is 13.8 Å². The number of halogens is 1. The Bertz CT molecular complexity index is 1250. The SMILES string of the molecule is CCOc1ccc(-c2ccc(-c3cc(C(=O)O)c4cc(F)ccc4n3)c(C)c2)cc1. The van der Waals surface area contributed by atoms with E-state index in [4.69, 9.17) is 4.74 Å². The number of carboxylic acid groups (broad SMARTS) is 1. The first-order chi connectivity index (χ1) is 14.5. The van der Waals surface area contributed by atoms with Gasteiger partial charge in [-0.3, -0.25) is 0 Å². The minimum absolute atomic E-state index is 0.0319. The van der Waals surface area contributed by atoms with Gasteiger partial charge in [0.1, 0.15) is 11.6 Å². The highest BCUT2D eigenvalue weighted by Gasteiger charge is 2.15. The number of hydrogen-bond donors (Lipinski definition) is 1. The molecule has 0 aliphatic heterocycles. The summed E-state index contributed by atoms with van der Waals surface area (Å²) < 4.78 is 19.1. The van der Waals surface area contributed by atoms with Gasteiger partial charge in [-0.05, 0) is 66.9 Å². The number of benzene rings is 3. The number of aromatic carboxylic acids is 1. The zero-order valence-corrected chi connectivity index (χ0v) is 16.6. The van der Waals surface area contributed by atoms with Gasteiger partial charge in [0.05, 0.1) is 23.4 Å². The van der Waals surface area contributed by atoms with E-state index in [1.54, 1.807) is 0 Å². The molecular formula is C25H20FNO3. The van der Waals surface area contributed by atoms with Crippen molar-refractivity contribution < 1.29 is 19.0 Å². The van der Waals surface area contributed by atoms with Gasteiger partial charge >= 0.3 is 5.97 Å². The summed E-state index contributed by atoms with van der Waals surface area (Å²) in [6.07, 6.45) is 0. The number of fused-ring (bicyclic) bond motifs is 1. The van der Waals surface area contributed by atoms with Crippen molar-refractivity contribution in [3.05, 3.63) is 83.7 Å². The van der Waals surface area contributed by atoms with Gasteiger partial charge in [-0.2, -0.15) is 0 Å². The van der Waals surface area contributed by atoms with Gasteiger partial charge in [0.2, 0.25) is 0 Å². The Labute approximate surface area is 173 Å². The van der Waals surface area contributed by atoms with E-state index in [0.717, 1.165) is 28.0 Å². The summed E-state index contributed by atoms with van der Waals surface area (Å²) in [5.41, 5.74) is 4.92. The minimum Gasteiger partial charge on any atom is -0.494 e. The summed E-state index contributed by atoms with van der Waals surface area (Å²) in [6.45, 7) is 4.53. The fourth-order valence-corrected chi connectivity index (χ4v) is 3.55. The summed E-state index contributed by atoms with van der Waals surface area (Å²) in [5.74, 6) is -0.777. The molecule has 0 unspecified atom stereocenters. The Hall–Kier alpha value is -3.73. The van der Waals surface area contributed by atoms with E-state index in [2.05, 4.69) is 4.98 Å². The van der Waals surface area contributed by atoms with Gasteiger partial charge in [-0.25, -0.2) is 14.2 Å². The molecule has 1 heterocycles. The van der Waals surface area contributed by atoms with Crippen molar-refractivity contribution >= 4 is 16.9 Å². The number of ether oxygens (including phenoxy) is 1. The van der Waals surface area contributed by atoms with Crippen LogP contribution >= 0.6 is 0 Å². The van der Waals surface area contributed by atoms with Crippen LogP contribution in [0.25, 0.3) is 33.3 Å². The zero-order chi connectivity index (χ0) is 21.3. The second kappa shape index (κ2) is 7.95. The normalized spacial score (nSPS) is 10.9. The Morgan fingerprint density at radius 3 is 2.40 bits per heavy atom. The minimum atomic E-state index is -1.11. The molecule has 1 N–H and O–H groups in total. The largest absolute Gasteiger partial charge is 0.494 e. The van der Waals surface area contributed by atoms with E-state index < -0.39 is 11.8 Å². The van der Waals surface area contributed by atoms with Crippen molar-refractivity contribution in [2.75, 3.05) is 6.61 Å². The molecule has 0 saturated carbocycles. The predicted octanol–water partition coefficient (Wildman–Crippen LogP) is 6.11. The zero-order valence-electron chi connectivity index (χ0n) is 16.6. The smallest absolute Gasteiger partial charge is 0.336 e. The van der Waals surface area contributed by atoms with Crippen LogP contribution in [0, 0.1) is 12.7 Å². The number of hydrogen-bond acceptors (Lipinski definition) is 3. The lowest BCUT2D eigenvalue weighted by molar-refractivity contribution is 0.0699. The third-order valence-electron chi connectivity index (χ3n) is 5.00. The fourth-order valence-electron chi connectivity index (χ4n) is 3.55. The second-order valence-electron chi connectivity index (χ2n) is 7.01. The molecule has 0 saturated heterocycles. The van der Waals surface area contributed by atoms with E-state index in [0.29, 0.717) is 17.8 Å². The molecule has 5 heteroatoms. The first-order valence-corrected chi connectivity index (χ1v) is 9.64. The molecule has 0 radical (unpaired) electrons. The van der Waals surface area contributed by atoms with Gasteiger partial charge in [-0.15, -0.1) is 0 Å². The second-order valence-corrected chi connectivity index (χ2v) is 7.01. The lowest BCUT2D eigenvalue weighted by atomic mass is 9.96. The van der Waals surface area contributed by atoms with Crippen LogP contribution in [0.15, 0.2) is 66.7 Å². The Morgan fingerprint density at radius 2 is 1.73 bits per heavy atom. The van der Waals surface area contributed by atoms with Crippen LogP contribution in [-0.4, -0.2) is 22.7 Å². The van der Waals surface area contributed by atoms with Crippen molar-refractivity contribution in [3.8, 4) is 28.1 Å². The number of pyridine rings is 1. The quantitative estimate of drug-likeness (QED) is 0.438. The summed E-state index contributed by atoms with van der Waals surface area (Å²) in [4.78, 5) is 16.3. The van der Waals surface area contributed by atoms with Crippen molar-refractivity contribution in [2.24, 2.45) is 0 Å². The molecule has 0 amide bonds. The number of aryl methyl sites for hydroxylation is 1. The summed E-state index contributed by atoms with van der Waals surface area (Å²) in [6, 6.07) is 19.3. The lowest BCUT2D eigenvalue weighted by Gasteiger charge is -2.12. The van der Waals surface area contributed by atoms with Crippen LogP contribution in [0.3, 0.4) is 0 Å². The Morgan fingerprint density at radius 1 is 1.00 bits per heavy atom. The molecule has 30 heavy (non-hydrogen) atoms. The highest BCUT2D eigenvalue weighted by molar-refractivity contribution is 6.03. The van der Waals surface area contributed by atoms with E-state index in [1.807, 2.05) is 56.3 Å². The molecule has 0 aliphatic rings. The highest BCUT2D eigenvalue weighted by atomic mass is 19.1. The van der Waals surface area contributed by atoms with Crippen molar-refractivity contribution in [1.29, 1.82) is 0 Å². The molecule has 150 valence electrons. The topological polar surface area (TPSA) is 59.4 Å². The number of nitrogens with zero attached hydrogens (tertiary/aromatic N) is 1. The first-order valence-electron chi connectivity index (χ1n) is 9.64. The average Bonchev–Trinajstić information content (AvgIpc) is 2.73. The number of rotatable bonds is 5. The summed E-state index contributed by atoms with van der Waals surface area (Å²) >= 11 is 0. The van der Waals surface area contributed by atoms with Crippen molar-refractivity contribution in [3.63, 3.8) is 0 Å². The third kappa shape index (κ3) is 3.74. The van der Waals surface area contributed by atoms with Crippen LogP contribution in [0.1, 0.15) is 22.8 Å². The molecule has 0 aliphatic carbocycles. The first kappa shape index (κ1) is 19.6. The van der Waals surface area contributed by atoms with Gasteiger partial charge in [0.25, 0.3) is 0 Å². The summed E-state index contributed by atoms with van der Waals surface area (Å²) in [5, 5.41) is 9.89. The lowest BCUT2D eigenvalue weighted by Crippen LogP contribution is -2.01. The molecular weight excluding hydrogens is 381 g/mol. The molecule has 4 rings (SSSR count). The van der Waals surface area contributed by atoms with E-state index in [9.17, 15) is 14.3 Å². The fraction of sp³-hybridized carbons (Fsp3) is 0.120. The Kier molecular flexibility index (Phi) is 5.19. The average molecular weight is 401 g/mol. The van der Waals surface area contributed by atoms with Gasteiger partial charge in [-0.1, -0.05) is 30.3 Å².